The van der Waals surface area contributed by atoms with Crippen molar-refractivity contribution in [2.45, 2.75) is 0 Å². The summed E-state index contributed by atoms with van der Waals surface area (Å²) in [5.74, 6) is 1.71. The summed E-state index contributed by atoms with van der Waals surface area (Å²) in [6.45, 7) is 0. The van der Waals surface area contributed by atoms with Gasteiger partial charge in [0.25, 0.3) is 0 Å². The van der Waals surface area contributed by atoms with E-state index < -0.39 is 0 Å². The van der Waals surface area contributed by atoms with Gasteiger partial charge in [0.05, 0.1) is 0 Å². The van der Waals surface area contributed by atoms with Crippen molar-refractivity contribution in [1.29, 1.82) is 0 Å². The summed E-state index contributed by atoms with van der Waals surface area (Å²) >= 11 is 0. The highest BCUT2D eigenvalue weighted by Crippen LogP contribution is 2.50. The fraction of sp³-hybridized carbons (Fsp3) is 0. The first-order chi connectivity index (χ1) is 29.7. The van der Waals surface area contributed by atoms with Crippen LogP contribution in [0.4, 0.5) is 17.1 Å². The van der Waals surface area contributed by atoms with Crippen LogP contribution >= 0.6 is 0 Å². The number of hydrogen-bond donors (Lipinski definition) is 0. The quantitative estimate of drug-likeness (QED) is 0.160. The SMILES string of the molecule is c1ccc(-c2ccc(N(c3ccc(-c4ccccc4)cc3)c3ccc(-c4ccc5c(c4)-c4cc(-c6ccccc6)ccc4-c4cc6ccccc6cc4O5)cc3)cc2)cc1. The molecular weight excluding hydrogens is 727 g/mol. The first kappa shape index (κ1) is 35.2. The molecule has 1 heterocycles. The zero-order valence-electron chi connectivity index (χ0n) is 32.9. The molecular formula is C58H39NO. The van der Waals surface area contributed by atoms with Crippen LogP contribution in [0.15, 0.2) is 237 Å². The van der Waals surface area contributed by atoms with E-state index >= 15 is 0 Å². The molecule has 0 bridgehead atoms. The standard InChI is InChI=1S/C58H39NO/c1-4-12-40(13-5-1)43-20-28-50(29-21-43)59(51-30-22-44(23-31-51)41-14-6-2-7-15-41)52-32-24-45(25-33-52)49-27-35-57-56(38-49)54-36-48(42-16-8-3-9-17-42)26-34-53(54)55-37-46-18-10-11-19-47(46)39-58(55)60-57/h1-39H. The lowest BCUT2D eigenvalue weighted by Crippen LogP contribution is -2.09. The topological polar surface area (TPSA) is 12.5 Å². The largest absolute Gasteiger partial charge is 0.456 e. The van der Waals surface area contributed by atoms with Crippen molar-refractivity contribution in [1.82, 2.24) is 0 Å². The third-order valence-electron chi connectivity index (χ3n) is 11.7. The smallest absolute Gasteiger partial charge is 0.135 e. The van der Waals surface area contributed by atoms with E-state index in [0.29, 0.717) is 0 Å². The highest BCUT2D eigenvalue weighted by molar-refractivity contribution is 5.99. The van der Waals surface area contributed by atoms with Gasteiger partial charge in [0, 0.05) is 28.2 Å². The molecule has 10 aromatic carbocycles. The Kier molecular flexibility index (Phi) is 8.87. The summed E-state index contributed by atoms with van der Waals surface area (Å²) < 4.78 is 6.84. The molecule has 282 valence electrons. The van der Waals surface area contributed by atoms with Crippen molar-refractivity contribution in [3.63, 3.8) is 0 Å². The molecule has 0 fully saturated rings. The van der Waals surface area contributed by atoms with Crippen molar-refractivity contribution in [2.24, 2.45) is 0 Å². The van der Waals surface area contributed by atoms with Crippen molar-refractivity contribution < 1.29 is 4.74 Å². The second-order valence-electron chi connectivity index (χ2n) is 15.3. The molecule has 10 aromatic rings. The average molecular weight is 766 g/mol. The number of nitrogens with zero attached hydrogens (tertiary/aromatic N) is 1. The number of ether oxygens (including phenoxy) is 1. The first-order valence-corrected chi connectivity index (χ1v) is 20.5. The number of benzene rings is 10. The second kappa shape index (κ2) is 15.1. The van der Waals surface area contributed by atoms with E-state index in [2.05, 4.69) is 241 Å². The molecule has 0 saturated carbocycles. The van der Waals surface area contributed by atoms with Crippen LogP contribution in [-0.4, -0.2) is 0 Å². The second-order valence-corrected chi connectivity index (χ2v) is 15.3. The Morgan fingerprint density at radius 1 is 0.233 bits per heavy atom. The van der Waals surface area contributed by atoms with Gasteiger partial charge in [0.15, 0.2) is 0 Å². The van der Waals surface area contributed by atoms with Gasteiger partial charge in [0.2, 0.25) is 0 Å². The van der Waals surface area contributed by atoms with E-state index in [0.717, 1.165) is 67.3 Å². The summed E-state index contributed by atoms with van der Waals surface area (Å²) in [4.78, 5) is 2.33. The summed E-state index contributed by atoms with van der Waals surface area (Å²) in [5, 5.41) is 2.35. The molecule has 2 heteroatoms. The Morgan fingerprint density at radius 3 is 1.12 bits per heavy atom. The summed E-state index contributed by atoms with van der Waals surface area (Å²) in [5.41, 5.74) is 17.2. The molecule has 1 aliphatic rings. The average Bonchev–Trinajstić information content (AvgIpc) is 3.46. The van der Waals surface area contributed by atoms with Crippen LogP contribution in [0.3, 0.4) is 0 Å². The number of hydrogen-bond acceptors (Lipinski definition) is 2. The highest BCUT2D eigenvalue weighted by Gasteiger charge is 2.23. The van der Waals surface area contributed by atoms with Gasteiger partial charge in [0.1, 0.15) is 11.5 Å². The molecule has 0 amide bonds. The van der Waals surface area contributed by atoms with E-state index in [9.17, 15) is 0 Å². The van der Waals surface area contributed by atoms with E-state index in [1.807, 2.05) is 0 Å². The van der Waals surface area contributed by atoms with E-state index in [1.165, 1.54) is 38.8 Å². The molecule has 0 radical (unpaired) electrons. The molecule has 2 nitrogen and oxygen atoms in total. The molecule has 0 saturated heterocycles. The van der Waals surface area contributed by atoms with Gasteiger partial charge in [-0.25, -0.2) is 0 Å². The van der Waals surface area contributed by atoms with Gasteiger partial charge in [-0.1, -0.05) is 170 Å². The Balaban J connectivity index is 0.992. The summed E-state index contributed by atoms with van der Waals surface area (Å²) in [6.07, 6.45) is 0. The molecule has 0 spiro atoms. The minimum Gasteiger partial charge on any atom is -0.456 e. The van der Waals surface area contributed by atoms with E-state index in [1.54, 1.807) is 0 Å². The molecule has 0 aliphatic carbocycles. The lowest BCUT2D eigenvalue weighted by atomic mass is 9.89. The molecule has 0 atom stereocenters. The fourth-order valence-electron chi connectivity index (χ4n) is 8.57. The third-order valence-corrected chi connectivity index (χ3v) is 11.7. The van der Waals surface area contributed by atoms with Crippen molar-refractivity contribution in [3.8, 4) is 78.3 Å². The maximum atomic E-state index is 6.84. The van der Waals surface area contributed by atoms with Crippen molar-refractivity contribution >= 4 is 27.8 Å². The fourth-order valence-corrected chi connectivity index (χ4v) is 8.57. The van der Waals surface area contributed by atoms with Crippen LogP contribution in [0.1, 0.15) is 0 Å². The van der Waals surface area contributed by atoms with Crippen LogP contribution in [-0.2, 0) is 0 Å². The number of rotatable bonds is 7. The molecule has 60 heavy (non-hydrogen) atoms. The molecule has 0 N–H and O–H groups in total. The molecule has 1 aliphatic heterocycles. The van der Waals surface area contributed by atoms with Gasteiger partial charge < -0.3 is 9.64 Å². The lowest BCUT2D eigenvalue weighted by Gasteiger charge is -2.26. The van der Waals surface area contributed by atoms with Crippen molar-refractivity contribution in [2.75, 3.05) is 4.90 Å². The van der Waals surface area contributed by atoms with Crippen LogP contribution < -0.4 is 9.64 Å². The third kappa shape index (κ3) is 6.61. The van der Waals surface area contributed by atoms with Crippen LogP contribution in [0.2, 0.25) is 0 Å². The Hall–Kier alpha value is -7.94. The first-order valence-electron chi connectivity index (χ1n) is 20.5. The maximum Gasteiger partial charge on any atom is 0.135 e. The molecule has 11 rings (SSSR count). The number of anilines is 3. The van der Waals surface area contributed by atoms with Gasteiger partial charge in [-0.3, -0.25) is 0 Å². The van der Waals surface area contributed by atoms with E-state index in [-0.39, 0.29) is 0 Å². The lowest BCUT2D eigenvalue weighted by molar-refractivity contribution is 0.488. The van der Waals surface area contributed by atoms with Crippen LogP contribution in [0, 0.1) is 0 Å². The zero-order valence-corrected chi connectivity index (χ0v) is 32.9. The predicted octanol–water partition coefficient (Wildman–Crippen LogP) is 16.4. The zero-order chi connectivity index (χ0) is 39.8. The van der Waals surface area contributed by atoms with Crippen LogP contribution in [0.25, 0.3) is 77.5 Å². The highest BCUT2D eigenvalue weighted by atomic mass is 16.5. The Morgan fingerprint density at radius 2 is 0.600 bits per heavy atom. The molecule has 0 unspecified atom stereocenters. The van der Waals surface area contributed by atoms with Gasteiger partial charge in [-0.15, -0.1) is 0 Å². The minimum absolute atomic E-state index is 0.847. The minimum atomic E-state index is 0.847. The van der Waals surface area contributed by atoms with Gasteiger partial charge in [-0.2, -0.15) is 0 Å². The predicted molar refractivity (Wildman–Crippen MR) is 251 cm³/mol. The Labute approximate surface area is 350 Å². The Bertz CT molecular complexity index is 3040. The van der Waals surface area contributed by atoms with Gasteiger partial charge in [-0.05, 0) is 133 Å². The van der Waals surface area contributed by atoms with Crippen LogP contribution in [0.5, 0.6) is 11.5 Å². The molecule has 0 aromatic heterocycles. The maximum absolute atomic E-state index is 6.84. The van der Waals surface area contributed by atoms with Gasteiger partial charge >= 0.3 is 0 Å². The van der Waals surface area contributed by atoms with E-state index in [4.69, 9.17) is 4.74 Å². The normalized spacial score (nSPS) is 11.5. The van der Waals surface area contributed by atoms with Crippen molar-refractivity contribution in [3.05, 3.63) is 237 Å². The number of fused-ring (bicyclic) bond motifs is 6. The summed E-state index contributed by atoms with van der Waals surface area (Å²) in [7, 11) is 0. The monoisotopic (exact) mass is 765 g/mol. The summed E-state index contributed by atoms with van der Waals surface area (Å²) in [6, 6.07) is 84.8.